The molecule has 37 heavy (non-hydrogen) atoms. The van der Waals surface area contributed by atoms with Gasteiger partial charge in [0.1, 0.15) is 12.4 Å². The van der Waals surface area contributed by atoms with E-state index >= 15 is 0 Å². The van der Waals surface area contributed by atoms with E-state index in [1.165, 1.54) is 153 Å². The van der Waals surface area contributed by atoms with Crippen molar-refractivity contribution >= 4 is 0 Å². The smallest absolute Gasteiger partial charge is 0.234 e. The maximum Gasteiger partial charge on any atom is 0.256 e. The van der Waals surface area contributed by atoms with Crippen LogP contribution in [0.3, 0.4) is 0 Å². The molecule has 0 N–H and O–H groups in total. The summed E-state index contributed by atoms with van der Waals surface area (Å²) in [5, 5.41) is 0. The third kappa shape index (κ3) is 15.4. The second kappa shape index (κ2) is 22.4. The highest BCUT2D eigenvalue weighted by atomic mass is 15.1. The summed E-state index contributed by atoms with van der Waals surface area (Å²) in [6.45, 7) is 6.96. The van der Waals surface area contributed by atoms with Crippen molar-refractivity contribution in [1.82, 2.24) is 4.57 Å². The minimum absolute atomic E-state index is 1.14. The molecule has 0 radical (unpaired) electrons. The first-order chi connectivity index (χ1) is 18.3. The van der Waals surface area contributed by atoms with Crippen molar-refractivity contribution in [3.8, 4) is 0 Å². The van der Waals surface area contributed by atoms with Crippen molar-refractivity contribution in [2.45, 2.75) is 168 Å². The van der Waals surface area contributed by atoms with Gasteiger partial charge in [0.2, 0.25) is 0 Å². The minimum Gasteiger partial charge on any atom is -0.234 e. The summed E-state index contributed by atoms with van der Waals surface area (Å²) in [6, 6.07) is 11.0. The molecule has 210 valence electrons. The number of unbranched alkanes of at least 4 members (excludes halogenated alkanes) is 17. The van der Waals surface area contributed by atoms with E-state index in [9.17, 15) is 0 Å². The Kier molecular flexibility index (Phi) is 19.2. The lowest BCUT2D eigenvalue weighted by Crippen LogP contribution is -2.37. The van der Waals surface area contributed by atoms with E-state index in [0.29, 0.717) is 0 Å². The number of benzene rings is 1. The van der Waals surface area contributed by atoms with Gasteiger partial charge in [-0.3, -0.25) is 0 Å². The molecule has 1 aromatic carbocycles. The number of rotatable bonds is 25. The molecule has 0 aliphatic carbocycles. The van der Waals surface area contributed by atoms with Crippen LogP contribution in [0.5, 0.6) is 0 Å². The van der Waals surface area contributed by atoms with Crippen LogP contribution in [0, 0.1) is 0 Å². The lowest BCUT2D eigenvalue weighted by atomic mass is 10.0. The van der Waals surface area contributed by atoms with Crippen LogP contribution in [0.1, 0.15) is 154 Å². The van der Waals surface area contributed by atoms with E-state index in [1.807, 2.05) is 0 Å². The predicted octanol–water partition coefficient (Wildman–Crippen LogP) is 10.4. The van der Waals surface area contributed by atoms with Gasteiger partial charge in [0.25, 0.3) is 5.82 Å². The zero-order valence-corrected chi connectivity index (χ0v) is 24.9. The molecule has 2 rings (SSSR count). The molecular formula is C35H61N2+. The van der Waals surface area contributed by atoms with Gasteiger partial charge >= 0.3 is 0 Å². The van der Waals surface area contributed by atoms with E-state index in [2.05, 4.69) is 65.7 Å². The van der Waals surface area contributed by atoms with Crippen LogP contribution in [0.25, 0.3) is 0 Å². The maximum absolute atomic E-state index is 2.58. The lowest BCUT2D eigenvalue weighted by Gasteiger charge is -2.07. The van der Waals surface area contributed by atoms with E-state index in [1.54, 1.807) is 5.82 Å². The van der Waals surface area contributed by atoms with Crippen LogP contribution in [0.2, 0.25) is 0 Å². The second-order valence-electron chi connectivity index (χ2n) is 11.5. The van der Waals surface area contributed by atoms with Gasteiger partial charge in [-0.15, -0.1) is 0 Å². The van der Waals surface area contributed by atoms with Gasteiger partial charge in [-0.1, -0.05) is 147 Å². The molecule has 0 unspecified atom stereocenters. The van der Waals surface area contributed by atoms with Gasteiger partial charge in [-0.25, -0.2) is 9.13 Å². The third-order valence-electron chi connectivity index (χ3n) is 8.05. The summed E-state index contributed by atoms with van der Waals surface area (Å²) >= 11 is 0. The van der Waals surface area contributed by atoms with Crippen LogP contribution in [-0.2, 0) is 25.9 Å². The number of hydrogen-bond donors (Lipinski definition) is 0. The largest absolute Gasteiger partial charge is 0.256 e. The van der Waals surface area contributed by atoms with E-state index in [4.69, 9.17) is 0 Å². The van der Waals surface area contributed by atoms with Gasteiger partial charge in [0, 0.05) is 6.42 Å². The molecule has 1 heterocycles. The zero-order chi connectivity index (χ0) is 26.2. The molecule has 0 aliphatic heterocycles. The van der Waals surface area contributed by atoms with E-state index < -0.39 is 0 Å². The SMILES string of the molecule is CCCCCCCCCCCCCCCCCn1cc[n+](CCCc2ccccc2)c1CCCCCC. The number of hydrogen-bond acceptors (Lipinski definition) is 0. The molecule has 2 heteroatoms. The van der Waals surface area contributed by atoms with Crippen LogP contribution >= 0.6 is 0 Å². The second-order valence-corrected chi connectivity index (χ2v) is 11.5. The number of imidazole rings is 1. The number of nitrogens with zero attached hydrogens (tertiary/aromatic N) is 2. The Morgan fingerprint density at radius 3 is 1.62 bits per heavy atom. The standard InChI is InChI=1S/C35H61N2/c1-3-5-7-9-10-11-12-13-14-15-16-17-18-19-24-30-36-32-33-37(35(36)29-23-8-6-4-2)31-25-28-34-26-21-20-22-27-34/h20-22,26-27,32-33H,3-19,23-25,28-31H2,1-2H3/q+1. The Balaban J connectivity index is 1.58. The van der Waals surface area contributed by atoms with Crippen molar-refractivity contribution in [1.29, 1.82) is 0 Å². The van der Waals surface area contributed by atoms with Gasteiger partial charge in [-0.2, -0.15) is 0 Å². The summed E-state index contributed by atoms with van der Waals surface area (Å²) in [7, 11) is 0. The molecule has 1 aromatic heterocycles. The Bertz CT molecular complexity index is 748. The summed E-state index contributed by atoms with van der Waals surface area (Å²) in [5.41, 5.74) is 1.46. The third-order valence-corrected chi connectivity index (χ3v) is 8.05. The van der Waals surface area contributed by atoms with E-state index in [-0.39, 0.29) is 0 Å². The zero-order valence-electron chi connectivity index (χ0n) is 24.9. The fourth-order valence-corrected chi connectivity index (χ4v) is 5.65. The summed E-state index contributed by atoms with van der Waals surface area (Å²) < 4.78 is 5.14. The Morgan fingerprint density at radius 1 is 0.541 bits per heavy atom. The lowest BCUT2D eigenvalue weighted by molar-refractivity contribution is -0.704. The first-order valence-electron chi connectivity index (χ1n) is 16.5. The molecule has 0 atom stereocenters. The highest BCUT2D eigenvalue weighted by Crippen LogP contribution is 2.14. The van der Waals surface area contributed by atoms with Crippen molar-refractivity contribution in [2.75, 3.05) is 0 Å². The molecular weight excluding hydrogens is 448 g/mol. The fraction of sp³-hybridized carbons (Fsp3) is 0.743. The molecule has 2 aromatic rings. The summed E-state index contributed by atoms with van der Waals surface area (Å²) in [6.07, 6.45) is 35.3. The quantitative estimate of drug-likeness (QED) is 0.0929. The van der Waals surface area contributed by atoms with Gasteiger partial charge in [0.05, 0.1) is 13.1 Å². The first-order valence-corrected chi connectivity index (χ1v) is 16.5. The summed E-state index contributed by atoms with van der Waals surface area (Å²) in [4.78, 5) is 0. The average molecular weight is 510 g/mol. The number of aromatic nitrogens is 2. The molecule has 0 spiro atoms. The van der Waals surface area contributed by atoms with Gasteiger partial charge in [0.15, 0.2) is 0 Å². The molecule has 0 fully saturated rings. The van der Waals surface area contributed by atoms with E-state index in [0.717, 1.165) is 6.54 Å². The molecule has 0 amide bonds. The predicted molar refractivity (Wildman–Crippen MR) is 162 cm³/mol. The fourth-order valence-electron chi connectivity index (χ4n) is 5.65. The topological polar surface area (TPSA) is 8.81 Å². The minimum atomic E-state index is 1.14. The van der Waals surface area contributed by atoms with Crippen LogP contribution in [-0.4, -0.2) is 4.57 Å². The number of aryl methyl sites for hydroxylation is 3. The summed E-state index contributed by atoms with van der Waals surface area (Å²) in [5.74, 6) is 1.56. The maximum atomic E-state index is 2.58. The highest BCUT2D eigenvalue weighted by molar-refractivity contribution is 5.14. The molecule has 0 saturated heterocycles. The molecule has 0 saturated carbocycles. The van der Waals surface area contributed by atoms with Gasteiger partial charge in [-0.05, 0) is 37.7 Å². The highest BCUT2D eigenvalue weighted by Gasteiger charge is 2.16. The average Bonchev–Trinajstić information content (AvgIpc) is 3.30. The van der Waals surface area contributed by atoms with Crippen molar-refractivity contribution < 1.29 is 4.57 Å². The Labute approximate surface area is 231 Å². The van der Waals surface area contributed by atoms with Crippen LogP contribution in [0.15, 0.2) is 42.7 Å². The molecule has 2 nitrogen and oxygen atoms in total. The van der Waals surface area contributed by atoms with Crippen LogP contribution in [0.4, 0.5) is 0 Å². The molecule has 0 bridgehead atoms. The van der Waals surface area contributed by atoms with Crippen molar-refractivity contribution in [3.05, 3.63) is 54.1 Å². The first kappa shape index (κ1) is 31.6. The Hall–Kier alpha value is -1.57. The van der Waals surface area contributed by atoms with Crippen molar-refractivity contribution in [2.24, 2.45) is 0 Å². The van der Waals surface area contributed by atoms with Crippen molar-refractivity contribution in [3.63, 3.8) is 0 Å². The normalized spacial score (nSPS) is 11.4. The van der Waals surface area contributed by atoms with Crippen LogP contribution < -0.4 is 4.57 Å². The molecule has 0 aliphatic rings. The Morgan fingerprint density at radius 2 is 1.05 bits per heavy atom. The van der Waals surface area contributed by atoms with Gasteiger partial charge < -0.3 is 0 Å². The monoisotopic (exact) mass is 509 g/mol.